The molecule has 2 aromatic carbocycles. The molecule has 0 aliphatic carbocycles. The van der Waals surface area contributed by atoms with E-state index in [1.165, 1.54) is 30.5 Å². The molecule has 0 aliphatic heterocycles. The van der Waals surface area contributed by atoms with Crippen molar-refractivity contribution in [2.75, 3.05) is 11.9 Å². The van der Waals surface area contributed by atoms with Gasteiger partial charge in [0, 0.05) is 30.2 Å². The summed E-state index contributed by atoms with van der Waals surface area (Å²) < 4.78 is 41.1. The molecule has 0 atom stereocenters. The minimum atomic E-state index is -4.40. The van der Waals surface area contributed by atoms with Crippen molar-refractivity contribution in [3.8, 4) is 16.9 Å². The molecule has 0 unspecified atom stereocenters. The lowest BCUT2D eigenvalue weighted by molar-refractivity contribution is 0.455. The van der Waals surface area contributed by atoms with Crippen LogP contribution < -0.4 is 10.5 Å². The van der Waals surface area contributed by atoms with E-state index in [4.69, 9.17) is 0 Å². The number of aromatic amines is 1. The van der Waals surface area contributed by atoms with Gasteiger partial charge in [-0.3, -0.25) is 4.79 Å². The van der Waals surface area contributed by atoms with Crippen LogP contribution >= 0.6 is 0 Å². The molecular formula is C28H28FN3O4S. The molecule has 0 saturated carbocycles. The predicted octanol–water partition coefficient (Wildman–Crippen LogP) is 5.53. The van der Waals surface area contributed by atoms with Crippen LogP contribution in [0.25, 0.3) is 11.1 Å². The summed E-state index contributed by atoms with van der Waals surface area (Å²) in [6.07, 6.45) is 3.39. The first kappa shape index (κ1) is 26.1. The number of aromatic nitrogens is 2. The summed E-state index contributed by atoms with van der Waals surface area (Å²) in [7, 11) is -2.69. The second kappa shape index (κ2) is 10.6. The highest BCUT2D eigenvalue weighted by Gasteiger charge is 2.31. The maximum absolute atomic E-state index is 13.9. The zero-order valence-electron chi connectivity index (χ0n) is 20.8. The fourth-order valence-electron chi connectivity index (χ4n) is 4.29. The number of hydrogen-bond donors (Lipinski definition) is 2. The number of unbranched alkanes of at least 4 members (excludes halogenated alkanes) is 1. The molecule has 2 aromatic heterocycles. The molecule has 0 bridgehead atoms. The minimum Gasteiger partial charge on any atom is -0.504 e. The van der Waals surface area contributed by atoms with Crippen molar-refractivity contribution in [2.45, 2.75) is 42.9 Å². The summed E-state index contributed by atoms with van der Waals surface area (Å²) >= 11 is 0. The van der Waals surface area contributed by atoms with Gasteiger partial charge in [0.1, 0.15) is 5.69 Å². The Balaban J connectivity index is 1.84. The van der Waals surface area contributed by atoms with E-state index >= 15 is 0 Å². The highest BCUT2D eigenvalue weighted by atomic mass is 32.2. The second-order valence-electron chi connectivity index (χ2n) is 8.76. The minimum absolute atomic E-state index is 0.168. The van der Waals surface area contributed by atoms with Crippen molar-refractivity contribution < 1.29 is 17.9 Å². The van der Waals surface area contributed by atoms with Crippen LogP contribution in [-0.4, -0.2) is 30.5 Å². The molecular weight excluding hydrogens is 493 g/mol. The van der Waals surface area contributed by atoms with Gasteiger partial charge in [0.05, 0.1) is 4.90 Å². The van der Waals surface area contributed by atoms with E-state index in [-0.39, 0.29) is 10.6 Å². The maximum Gasteiger partial charge on any atom is 0.271 e. The molecule has 0 aliphatic rings. The fourth-order valence-corrected chi connectivity index (χ4v) is 5.67. The number of pyridine rings is 2. The van der Waals surface area contributed by atoms with Gasteiger partial charge in [-0.2, -0.15) is 4.39 Å². The number of sulfone groups is 1. The monoisotopic (exact) mass is 521 g/mol. The largest absolute Gasteiger partial charge is 0.504 e. The Morgan fingerprint density at radius 2 is 1.73 bits per heavy atom. The van der Waals surface area contributed by atoms with Crippen molar-refractivity contribution in [3.63, 3.8) is 0 Å². The highest BCUT2D eigenvalue weighted by molar-refractivity contribution is 7.91. The number of nitrogens with one attached hydrogen (secondary N) is 1. The average molecular weight is 522 g/mol. The van der Waals surface area contributed by atoms with Crippen LogP contribution in [0, 0.1) is 12.9 Å². The maximum atomic E-state index is 13.9. The van der Waals surface area contributed by atoms with Gasteiger partial charge < -0.3 is 15.0 Å². The highest BCUT2D eigenvalue weighted by Crippen LogP contribution is 2.39. The van der Waals surface area contributed by atoms with E-state index < -0.39 is 32.0 Å². The number of para-hydroxylation sites is 1. The number of benzene rings is 2. The van der Waals surface area contributed by atoms with Crippen molar-refractivity contribution >= 4 is 21.2 Å². The molecule has 192 valence electrons. The lowest BCUT2D eigenvalue weighted by atomic mass is 10.0. The molecule has 0 amide bonds. The van der Waals surface area contributed by atoms with Crippen LogP contribution in [0.2, 0.25) is 0 Å². The van der Waals surface area contributed by atoms with Gasteiger partial charge in [0.2, 0.25) is 15.8 Å². The fraction of sp³-hybridized carbons (Fsp3) is 0.214. The summed E-state index contributed by atoms with van der Waals surface area (Å²) in [4.78, 5) is 20.2. The van der Waals surface area contributed by atoms with Crippen molar-refractivity contribution in [3.05, 3.63) is 94.4 Å². The topological polar surface area (TPSA) is 103 Å². The first-order valence-corrected chi connectivity index (χ1v) is 13.4. The summed E-state index contributed by atoms with van der Waals surface area (Å²) in [5.41, 5.74) is 2.03. The Hall–Kier alpha value is -3.98. The molecule has 4 rings (SSSR count). The Kier molecular flexibility index (Phi) is 7.45. The number of nitrogens with zero attached hydrogens (tertiary/aromatic N) is 2. The first-order chi connectivity index (χ1) is 17.7. The number of H-pyrrole nitrogens is 1. The molecule has 7 nitrogen and oxygen atoms in total. The number of rotatable bonds is 8. The van der Waals surface area contributed by atoms with Crippen molar-refractivity contribution in [1.29, 1.82) is 0 Å². The molecule has 9 heteroatoms. The van der Waals surface area contributed by atoms with Crippen molar-refractivity contribution in [1.82, 2.24) is 9.97 Å². The van der Waals surface area contributed by atoms with E-state index in [2.05, 4.69) is 9.97 Å². The van der Waals surface area contributed by atoms with Gasteiger partial charge >= 0.3 is 0 Å². The molecule has 0 saturated heterocycles. The average Bonchev–Trinajstić information content (AvgIpc) is 2.89. The molecule has 0 fully saturated rings. The predicted molar refractivity (Wildman–Crippen MR) is 142 cm³/mol. The quantitative estimate of drug-likeness (QED) is 0.296. The molecule has 2 N–H and O–H groups in total. The molecule has 2 heterocycles. The lowest BCUT2D eigenvalue weighted by Crippen LogP contribution is -2.23. The van der Waals surface area contributed by atoms with Crippen LogP contribution in [0.5, 0.6) is 5.75 Å². The summed E-state index contributed by atoms with van der Waals surface area (Å²) in [5, 5.41) is 11.3. The van der Waals surface area contributed by atoms with E-state index in [0.29, 0.717) is 28.8 Å². The smallest absolute Gasteiger partial charge is 0.271 e. The van der Waals surface area contributed by atoms with E-state index in [9.17, 15) is 22.7 Å². The zero-order valence-corrected chi connectivity index (χ0v) is 21.6. The van der Waals surface area contributed by atoms with Crippen molar-refractivity contribution in [2.24, 2.45) is 0 Å². The van der Waals surface area contributed by atoms with E-state index in [1.54, 1.807) is 24.9 Å². The number of aryl methyl sites for hydroxylation is 1. The molecule has 0 spiro atoms. The molecule has 37 heavy (non-hydrogen) atoms. The van der Waals surface area contributed by atoms with Crippen LogP contribution in [0.1, 0.15) is 31.0 Å². The van der Waals surface area contributed by atoms with Gasteiger partial charge in [-0.25, -0.2) is 13.4 Å². The number of anilines is 2. The normalized spacial score (nSPS) is 11.5. The van der Waals surface area contributed by atoms with Crippen LogP contribution in [-0.2, 0) is 16.3 Å². The summed E-state index contributed by atoms with van der Waals surface area (Å²) in [6, 6.07) is 16.5. The van der Waals surface area contributed by atoms with Gasteiger partial charge in [-0.05, 0) is 61.2 Å². The van der Waals surface area contributed by atoms with Gasteiger partial charge in [0.25, 0.3) is 5.56 Å². The Labute approximate surface area is 215 Å². The first-order valence-electron chi connectivity index (χ1n) is 11.9. The van der Waals surface area contributed by atoms with Crippen LogP contribution in [0.15, 0.2) is 81.4 Å². The molecule has 0 radical (unpaired) electrons. The second-order valence-corrected chi connectivity index (χ2v) is 10.6. The van der Waals surface area contributed by atoms with Gasteiger partial charge in [-0.15, -0.1) is 0 Å². The third kappa shape index (κ3) is 4.99. The number of aromatic hydroxyl groups is 1. The third-order valence-corrected chi connectivity index (χ3v) is 8.15. The van der Waals surface area contributed by atoms with E-state index in [0.717, 1.165) is 18.5 Å². The Morgan fingerprint density at radius 3 is 2.38 bits per heavy atom. The lowest BCUT2D eigenvalue weighted by Gasteiger charge is -2.24. The SMILES string of the molecule is CCCCc1[nH]c(=O)c(S(=O)(=O)c2ccc(-c3ccnc(F)c3C)cc2)c(O)c1N(C)c1ccccc1. The third-order valence-electron chi connectivity index (χ3n) is 6.34. The summed E-state index contributed by atoms with van der Waals surface area (Å²) in [6.45, 7) is 3.59. The van der Waals surface area contributed by atoms with Crippen LogP contribution in [0.4, 0.5) is 15.8 Å². The molecule has 4 aromatic rings. The van der Waals surface area contributed by atoms with Gasteiger partial charge in [-0.1, -0.05) is 43.7 Å². The van der Waals surface area contributed by atoms with Crippen LogP contribution in [0.3, 0.4) is 0 Å². The summed E-state index contributed by atoms with van der Waals surface area (Å²) in [5.74, 6) is -1.21. The number of hydrogen-bond acceptors (Lipinski definition) is 6. The number of halogens is 1. The standard InChI is InChI=1S/C28H28FN3O4S/c1-4-5-11-23-24(32(3)20-9-7-6-8-10-20)25(33)26(28(34)31-23)37(35,36)21-14-12-19(13-15-21)22-16-17-30-27(29)18(22)2/h6-10,12-17H,4-5,11H2,1-3H3,(H2,31,33,34). The van der Waals surface area contributed by atoms with Gasteiger partial charge in [0.15, 0.2) is 10.6 Å². The Morgan fingerprint density at radius 1 is 1.05 bits per heavy atom. The zero-order chi connectivity index (χ0) is 26.7. The Bertz CT molecular complexity index is 1580. The van der Waals surface area contributed by atoms with E-state index in [1.807, 2.05) is 37.3 Å².